The Morgan fingerprint density at radius 1 is 1.11 bits per heavy atom. The van der Waals surface area contributed by atoms with Crippen molar-refractivity contribution in [3.63, 3.8) is 0 Å². The van der Waals surface area contributed by atoms with E-state index in [0.29, 0.717) is 5.92 Å². The number of nitrogens with two attached hydrogens (primary N) is 1. The first kappa shape index (κ1) is 13.2. The van der Waals surface area contributed by atoms with Gasteiger partial charge in [-0.1, -0.05) is 51.1 Å². The third-order valence-electron chi connectivity index (χ3n) is 3.28. The first-order valence-corrected chi connectivity index (χ1v) is 7.23. The number of nitrogens with zero attached hydrogens (tertiary/aromatic N) is 1. The van der Waals surface area contributed by atoms with Gasteiger partial charge in [0.2, 0.25) is 0 Å². The molecule has 96 valence electrons. The van der Waals surface area contributed by atoms with E-state index >= 15 is 0 Å². The van der Waals surface area contributed by atoms with E-state index in [4.69, 9.17) is 5.73 Å². The maximum absolute atomic E-state index is 6.33. The van der Waals surface area contributed by atoms with Gasteiger partial charge in [0.25, 0.3) is 0 Å². The van der Waals surface area contributed by atoms with Gasteiger partial charge in [0.05, 0.1) is 11.7 Å². The van der Waals surface area contributed by atoms with Crippen molar-refractivity contribution in [2.45, 2.75) is 38.6 Å². The summed E-state index contributed by atoms with van der Waals surface area (Å²) in [6.45, 7) is 6.48. The molecule has 2 aromatic rings. The Kier molecular flexibility index (Phi) is 4.15. The van der Waals surface area contributed by atoms with Crippen LogP contribution in [0.15, 0.2) is 35.7 Å². The first-order valence-electron chi connectivity index (χ1n) is 6.35. The van der Waals surface area contributed by atoms with Gasteiger partial charge in [-0.25, -0.2) is 4.98 Å². The van der Waals surface area contributed by atoms with Gasteiger partial charge in [0, 0.05) is 11.3 Å². The van der Waals surface area contributed by atoms with Crippen LogP contribution in [0.1, 0.15) is 54.9 Å². The summed E-state index contributed by atoms with van der Waals surface area (Å²) in [5, 5.41) is 3.16. The van der Waals surface area contributed by atoms with Crippen LogP contribution in [0.4, 0.5) is 0 Å². The molecule has 0 saturated heterocycles. The number of hydrogen-bond acceptors (Lipinski definition) is 3. The Morgan fingerprint density at radius 3 is 2.33 bits per heavy atom. The zero-order chi connectivity index (χ0) is 13.1. The molecule has 18 heavy (non-hydrogen) atoms. The lowest BCUT2D eigenvalue weighted by molar-refractivity contribution is 0.591. The minimum absolute atomic E-state index is 0.0232. The molecule has 1 heterocycles. The third kappa shape index (κ3) is 2.79. The Morgan fingerprint density at radius 2 is 1.78 bits per heavy atom. The average molecular weight is 260 g/mol. The summed E-state index contributed by atoms with van der Waals surface area (Å²) in [5.41, 5.74) is 8.75. The van der Waals surface area contributed by atoms with Crippen molar-refractivity contribution in [3.05, 3.63) is 52.0 Å². The highest BCUT2D eigenvalue weighted by Gasteiger charge is 2.20. The van der Waals surface area contributed by atoms with Crippen LogP contribution in [-0.2, 0) is 0 Å². The average Bonchev–Trinajstić information content (AvgIpc) is 2.88. The molecule has 0 aliphatic heterocycles. The van der Waals surface area contributed by atoms with E-state index < -0.39 is 0 Å². The van der Waals surface area contributed by atoms with Crippen LogP contribution >= 0.6 is 11.3 Å². The molecule has 1 aromatic heterocycles. The van der Waals surface area contributed by atoms with Crippen LogP contribution in [0.2, 0.25) is 0 Å². The molecular weight excluding hydrogens is 240 g/mol. The zero-order valence-corrected chi connectivity index (χ0v) is 11.9. The topological polar surface area (TPSA) is 38.9 Å². The van der Waals surface area contributed by atoms with Crippen LogP contribution in [0.3, 0.4) is 0 Å². The minimum Gasteiger partial charge on any atom is -0.321 e. The second-order valence-corrected chi connectivity index (χ2v) is 5.88. The maximum Gasteiger partial charge on any atom is 0.110 e. The molecule has 2 atom stereocenters. The molecule has 0 radical (unpaired) electrons. The monoisotopic (exact) mass is 260 g/mol. The highest BCUT2D eigenvalue weighted by atomic mass is 32.1. The number of aromatic nitrogens is 1. The molecule has 2 rings (SSSR count). The van der Waals surface area contributed by atoms with Crippen LogP contribution in [0.5, 0.6) is 0 Å². The number of hydrogen-bond donors (Lipinski definition) is 1. The highest BCUT2D eigenvalue weighted by molar-refractivity contribution is 7.09. The predicted molar refractivity (Wildman–Crippen MR) is 78.0 cm³/mol. The molecule has 2 nitrogen and oxygen atoms in total. The van der Waals surface area contributed by atoms with Gasteiger partial charge in [-0.3, -0.25) is 0 Å². The van der Waals surface area contributed by atoms with Gasteiger partial charge < -0.3 is 5.73 Å². The van der Waals surface area contributed by atoms with Crippen molar-refractivity contribution in [2.24, 2.45) is 5.73 Å². The van der Waals surface area contributed by atoms with Gasteiger partial charge in [-0.15, -0.1) is 11.3 Å². The lowest BCUT2D eigenvalue weighted by Crippen LogP contribution is -2.17. The largest absolute Gasteiger partial charge is 0.321 e. The third-order valence-corrected chi connectivity index (χ3v) is 4.24. The summed E-state index contributed by atoms with van der Waals surface area (Å²) in [5.74, 6) is 0.756. The van der Waals surface area contributed by atoms with Gasteiger partial charge in [0.15, 0.2) is 0 Å². The van der Waals surface area contributed by atoms with E-state index in [2.05, 4.69) is 55.4 Å². The summed E-state index contributed by atoms with van der Waals surface area (Å²) >= 11 is 1.67. The minimum atomic E-state index is -0.0232. The van der Waals surface area contributed by atoms with Crippen molar-refractivity contribution in [2.75, 3.05) is 0 Å². The normalized spacial score (nSPS) is 14.7. The van der Waals surface area contributed by atoms with E-state index in [0.717, 1.165) is 10.7 Å². The van der Waals surface area contributed by atoms with E-state index in [9.17, 15) is 0 Å². The predicted octanol–water partition coefficient (Wildman–Crippen LogP) is 4.07. The number of benzene rings is 1. The summed E-state index contributed by atoms with van der Waals surface area (Å²) < 4.78 is 0. The second kappa shape index (κ2) is 5.63. The molecule has 0 bridgehead atoms. The van der Waals surface area contributed by atoms with Crippen LogP contribution in [0.25, 0.3) is 0 Å². The van der Waals surface area contributed by atoms with Crippen molar-refractivity contribution in [3.8, 4) is 0 Å². The Balaban J connectivity index is 2.17. The van der Waals surface area contributed by atoms with Gasteiger partial charge in [-0.05, 0) is 11.5 Å². The summed E-state index contributed by atoms with van der Waals surface area (Å²) in [6.07, 6.45) is 0. The molecule has 2 N–H and O–H groups in total. The fourth-order valence-electron chi connectivity index (χ4n) is 1.90. The van der Waals surface area contributed by atoms with Gasteiger partial charge in [-0.2, -0.15) is 0 Å². The molecule has 1 aromatic carbocycles. The lowest BCUT2D eigenvalue weighted by Gasteiger charge is -2.18. The van der Waals surface area contributed by atoms with E-state index in [1.807, 2.05) is 6.07 Å². The van der Waals surface area contributed by atoms with Crippen molar-refractivity contribution >= 4 is 11.3 Å². The fourth-order valence-corrected chi connectivity index (χ4v) is 2.98. The molecule has 0 fully saturated rings. The van der Waals surface area contributed by atoms with Crippen molar-refractivity contribution in [1.82, 2.24) is 4.98 Å². The van der Waals surface area contributed by atoms with Crippen LogP contribution in [-0.4, -0.2) is 4.98 Å². The molecule has 0 amide bonds. The van der Waals surface area contributed by atoms with Crippen molar-refractivity contribution in [1.29, 1.82) is 0 Å². The van der Waals surface area contributed by atoms with E-state index in [1.54, 1.807) is 11.3 Å². The zero-order valence-electron chi connectivity index (χ0n) is 11.1. The molecule has 2 unspecified atom stereocenters. The second-order valence-electron chi connectivity index (χ2n) is 4.99. The highest BCUT2D eigenvalue weighted by Crippen LogP contribution is 2.31. The smallest absolute Gasteiger partial charge is 0.110 e. The summed E-state index contributed by atoms with van der Waals surface area (Å²) in [7, 11) is 0. The quantitative estimate of drug-likeness (QED) is 0.900. The lowest BCUT2D eigenvalue weighted by atomic mass is 9.94. The molecule has 0 aliphatic rings. The Labute approximate surface area is 113 Å². The first-order chi connectivity index (χ1) is 8.59. The maximum atomic E-state index is 6.33. The van der Waals surface area contributed by atoms with E-state index in [1.165, 1.54) is 5.56 Å². The van der Waals surface area contributed by atoms with Crippen LogP contribution < -0.4 is 5.73 Å². The van der Waals surface area contributed by atoms with Gasteiger partial charge >= 0.3 is 0 Å². The number of thiazole rings is 1. The summed E-state index contributed by atoms with van der Waals surface area (Å²) in [6, 6.07) is 10.4. The standard InChI is InChI=1S/C15H20N2S/c1-10(2)13-9-18-15(17-13)14(16)11(3)12-7-5-4-6-8-12/h4-11,14H,16H2,1-3H3. The van der Waals surface area contributed by atoms with Crippen LogP contribution in [0, 0.1) is 0 Å². The SMILES string of the molecule is CC(C)c1csc(C(N)C(C)c2ccccc2)n1. The summed E-state index contributed by atoms with van der Waals surface area (Å²) in [4.78, 5) is 4.65. The molecular formula is C15H20N2S. The van der Waals surface area contributed by atoms with E-state index in [-0.39, 0.29) is 12.0 Å². The van der Waals surface area contributed by atoms with Crippen molar-refractivity contribution < 1.29 is 0 Å². The molecule has 0 aliphatic carbocycles. The number of rotatable bonds is 4. The fraction of sp³-hybridized carbons (Fsp3) is 0.400. The Bertz CT molecular complexity index is 490. The molecule has 3 heteroatoms. The van der Waals surface area contributed by atoms with Gasteiger partial charge in [0.1, 0.15) is 5.01 Å². The molecule has 0 saturated carbocycles. The Hall–Kier alpha value is -1.19. The molecule has 0 spiro atoms.